The molecule has 1 aromatic carbocycles. The number of amides is 1. The molecule has 0 radical (unpaired) electrons. The van der Waals surface area contributed by atoms with Crippen LogP contribution in [0.3, 0.4) is 0 Å². The summed E-state index contributed by atoms with van der Waals surface area (Å²) in [7, 11) is 5.96. The maximum absolute atomic E-state index is 14.8. The molecule has 0 saturated heterocycles. The van der Waals surface area contributed by atoms with Crippen LogP contribution in [0.1, 0.15) is 12.0 Å². The van der Waals surface area contributed by atoms with Gasteiger partial charge in [0.2, 0.25) is 5.95 Å². The number of nitrogens with two attached hydrogens (primary N) is 2. The summed E-state index contributed by atoms with van der Waals surface area (Å²) in [5, 5.41) is 0. The highest BCUT2D eigenvalue weighted by Crippen LogP contribution is 2.25. The Balaban J connectivity index is 2.08. The number of anilines is 1. The molecule has 9 nitrogen and oxygen atoms in total. The number of carbonyl (C=O) groups is 1. The Morgan fingerprint density at radius 2 is 1.86 bits per heavy atom. The number of rotatable bonds is 8. The molecule has 0 saturated carbocycles. The number of aromatic nitrogens is 2. The molecule has 0 atom stereocenters. The fourth-order valence-corrected chi connectivity index (χ4v) is 2.57. The standard InChI is InChI=1S/C19H26FN7O2/c1-26(2)8-5-9-27(3)18-23-10-14(11-24-18)15-7-4-6-13(16(15)20)12-29-19(28)25-17(21)22/h4,6-7,10-11H,5,8-9,12H2,1-3H3,(H4,21,22,25,28). The highest BCUT2D eigenvalue weighted by molar-refractivity contribution is 5.87. The van der Waals surface area contributed by atoms with Crippen molar-refractivity contribution in [3.8, 4) is 11.1 Å². The van der Waals surface area contributed by atoms with Crippen LogP contribution in [0.25, 0.3) is 11.1 Å². The van der Waals surface area contributed by atoms with Crippen LogP contribution in [0, 0.1) is 5.82 Å². The maximum Gasteiger partial charge on any atom is 0.437 e. The van der Waals surface area contributed by atoms with Gasteiger partial charge in [-0.25, -0.2) is 19.2 Å². The molecule has 10 heteroatoms. The predicted molar refractivity (Wildman–Crippen MR) is 110 cm³/mol. The van der Waals surface area contributed by atoms with Crippen LogP contribution in [0.5, 0.6) is 0 Å². The lowest BCUT2D eigenvalue weighted by atomic mass is 10.1. The average molecular weight is 403 g/mol. The number of halogens is 1. The maximum atomic E-state index is 14.8. The van der Waals surface area contributed by atoms with Crippen molar-refractivity contribution in [3.05, 3.63) is 42.0 Å². The first-order valence-corrected chi connectivity index (χ1v) is 9.00. The molecule has 2 rings (SSSR count). The third kappa shape index (κ3) is 6.68. The second-order valence-electron chi connectivity index (χ2n) is 6.72. The minimum absolute atomic E-state index is 0.187. The molecule has 0 fully saturated rings. The van der Waals surface area contributed by atoms with Crippen molar-refractivity contribution in [2.24, 2.45) is 16.5 Å². The van der Waals surface area contributed by atoms with E-state index in [4.69, 9.17) is 16.2 Å². The molecule has 0 aliphatic rings. The van der Waals surface area contributed by atoms with Gasteiger partial charge in [-0.05, 0) is 27.1 Å². The number of guanidine groups is 1. The molecule has 156 valence electrons. The van der Waals surface area contributed by atoms with E-state index in [0.29, 0.717) is 17.1 Å². The first kappa shape index (κ1) is 22.0. The summed E-state index contributed by atoms with van der Waals surface area (Å²) in [5.41, 5.74) is 11.2. The fourth-order valence-electron chi connectivity index (χ4n) is 2.57. The van der Waals surface area contributed by atoms with E-state index in [1.165, 1.54) is 6.07 Å². The molecule has 2 aromatic rings. The zero-order valence-electron chi connectivity index (χ0n) is 16.8. The molecule has 1 heterocycles. The molecule has 0 bridgehead atoms. The normalized spacial score (nSPS) is 10.7. The van der Waals surface area contributed by atoms with Crippen molar-refractivity contribution in [2.45, 2.75) is 13.0 Å². The molecular weight excluding hydrogens is 377 g/mol. The molecule has 0 aliphatic heterocycles. The number of hydrogen-bond donors (Lipinski definition) is 2. The Labute approximate surface area is 169 Å². The van der Waals surface area contributed by atoms with Gasteiger partial charge in [-0.1, -0.05) is 18.2 Å². The number of nitrogens with zero attached hydrogens (tertiary/aromatic N) is 5. The zero-order chi connectivity index (χ0) is 21.4. The highest BCUT2D eigenvalue weighted by Gasteiger charge is 2.13. The van der Waals surface area contributed by atoms with E-state index in [1.807, 2.05) is 26.0 Å². The third-order valence-electron chi connectivity index (χ3n) is 4.04. The Morgan fingerprint density at radius 3 is 2.48 bits per heavy atom. The molecule has 4 N–H and O–H groups in total. The summed E-state index contributed by atoms with van der Waals surface area (Å²) in [6.07, 6.45) is 3.13. The van der Waals surface area contributed by atoms with E-state index in [0.717, 1.165) is 19.5 Å². The average Bonchev–Trinajstić information content (AvgIpc) is 2.66. The Bertz CT molecular complexity index is 852. The van der Waals surface area contributed by atoms with Crippen LogP contribution in [-0.4, -0.2) is 61.2 Å². The van der Waals surface area contributed by atoms with Gasteiger partial charge in [0.05, 0.1) is 0 Å². The lowest BCUT2D eigenvalue weighted by Crippen LogP contribution is -2.24. The first-order valence-electron chi connectivity index (χ1n) is 9.00. The second-order valence-corrected chi connectivity index (χ2v) is 6.72. The second kappa shape index (κ2) is 10.3. The van der Waals surface area contributed by atoms with Crippen LogP contribution >= 0.6 is 0 Å². The highest BCUT2D eigenvalue weighted by atomic mass is 19.1. The Morgan fingerprint density at radius 1 is 1.17 bits per heavy atom. The fraction of sp³-hybridized carbons (Fsp3) is 0.368. The quantitative estimate of drug-likeness (QED) is 0.503. The lowest BCUT2D eigenvalue weighted by molar-refractivity contribution is 0.149. The van der Waals surface area contributed by atoms with Gasteiger partial charge in [0.15, 0.2) is 5.96 Å². The van der Waals surface area contributed by atoms with E-state index in [9.17, 15) is 9.18 Å². The van der Waals surface area contributed by atoms with E-state index in [-0.39, 0.29) is 12.2 Å². The van der Waals surface area contributed by atoms with E-state index >= 15 is 0 Å². The van der Waals surface area contributed by atoms with Gasteiger partial charge >= 0.3 is 6.09 Å². The minimum Gasteiger partial charge on any atom is -0.443 e. The SMILES string of the molecule is CN(C)CCCN(C)c1ncc(-c2cccc(COC(=O)N=C(N)N)c2F)cn1. The number of carbonyl (C=O) groups excluding carboxylic acids is 1. The molecule has 1 amide bonds. The van der Waals surface area contributed by atoms with Crippen molar-refractivity contribution in [1.82, 2.24) is 14.9 Å². The molecular formula is C19H26FN7O2. The summed E-state index contributed by atoms with van der Waals surface area (Å²) < 4.78 is 19.7. The smallest absolute Gasteiger partial charge is 0.437 e. The van der Waals surface area contributed by atoms with Crippen molar-refractivity contribution >= 4 is 18.0 Å². The van der Waals surface area contributed by atoms with E-state index < -0.39 is 17.9 Å². The largest absolute Gasteiger partial charge is 0.443 e. The van der Waals surface area contributed by atoms with E-state index in [2.05, 4.69) is 19.9 Å². The van der Waals surface area contributed by atoms with Crippen LogP contribution < -0.4 is 16.4 Å². The Hall–Kier alpha value is -3.27. The minimum atomic E-state index is -0.986. The monoisotopic (exact) mass is 403 g/mol. The molecule has 1 aromatic heterocycles. The zero-order valence-corrected chi connectivity index (χ0v) is 16.8. The van der Waals surface area contributed by atoms with Crippen molar-refractivity contribution in [2.75, 3.05) is 39.1 Å². The van der Waals surface area contributed by atoms with Gasteiger partial charge in [-0.15, -0.1) is 4.99 Å². The summed E-state index contributed by atoms with van der Waals surface area (Å²) in [6, 6.07) is 4.77. The van der Waals surface area contributed by atoms with Crippen LogP contribution in [-0.2, 0) is 11.3 Å². The number of benzene rings is 1. The summed E-state index contributed by atoms with van der Waals surface area (Å²) >= 11 is 0. The third-order valence-corrected chi connectivity index (χ3v) is 4.04. The number of hydrogen-bond acceptors (Lipinski definition) is 6. The van der Waals surface area contributed by atoms with Crippen molar-refractivity contribution in [3.63, 3.8) is 0 Å². The molecule has 0 spiro atoms. The van der Waals surface area contributed by atoms with Gasteiger partial charge in [0.1, 0.15) is 12.4 Å². The van der Waals surface area contributed by atoms with E-state index in [1.54, 1.807) is 24.5 Å². The molecule has 29 heavy (non-hydrogen) atoms. The topological polar surface area (TPSA) is 123 Å². The van der Waals surface area contributed by atoms with Gasteiger partial charge in [0.25, 0.3) is 0 Å². The molecule has 0 aliphatic carbocycles. The summed E-state index contributed by atoms with van der Waals surface area (Å²) in [4.78, 5) is 27.3. The van der Waals surface area contributed by atoms with Gasteiger partial charge in [0, 0.05) is 42.7 Å². The van der Waals surface area contributed by atoms with Gasteiger partial charge in [-0.3, -0.25) is 0 Å². The Kier molecular flexibility index (Phi) is 7.84. The summed E-state index contributed by atoms with van der Waals surface area (Å²) in [6.45, 7) is 1.47. The van der Waals surface area contributed by atoms with Gasteiger partial charge < -0.3 is 26.0 Å². The van der Waals surface area contributed by atoms with Crippen molar-refractivity contribution < 1.29 is 13.9 Å². The predicted octanol–water partition coefficient (Wildman–Crippen LogP) is 1.58. The van der Waals surface area contributed by atoms with Crippen LogP contribution in [0.2, 0.25) is 0 Å². The first-order chi connectivity index (χ1) is 13.8. The van der Waals surface area contributed by atoms with Crippen LogP contribution in [0.15, 0.2) is 35.6 Å². The van der Waals surface area contributed by atoms with Crippen LogP contribution in [0.4, 0.5) is 15.1 Å². The lowest BCUT2D eigenvalue weighted by Gasteiger charge is -2.18. The van der Waals surface area contributed by atoms with Crippen molar-refractivity contribution in [1.29, 1.82) is 0 Å². The molecule has 0 unspecified atom stereocenters. The van der Waals surface area contributed by atoms with Gasteiger partial charge in [-0.2, -0.15) is 0 Å². The number of ether oxygens (including phenoxy) is 1. The number of aliphatic imine (C=N–C) groups is 1. The summed E-state index contributed by atoms with van der Waals surface area (Å²) in [5.74, 6) is -0.385.